The Morgan fingerprint density at radius 3 is 2.66 bits per heavy atom. The summed E-state index contributed by atoms with van der Waals surface area (Å²) in [6, 6.07) is 13.3. The number of H-pyrrole nitrogens is 1. The number of thiazole rings is 1. The predicted molar refractivity (Wildman–Crippen MR) is 120 cm³/mol. The first-order valence-electron chi connectivity index (χ1n) is 8.64. The number of benzene rings is 2. The lowest BCUT2D eigenvalue weighted by Gasteiger charge is -1.98. The first-order chi connectivity index (χ1) is 13.9. The van der Waals surface area contributed by atoms with Crippen molar-refractivity contribution in [2.75, 3.05) is 0 Å². The summed E-state index contributed by atoms with van der Waals surface area (Å²) in [6.45, 7) is 3.69. The average Bonchev–Trinajstić information content (AvgIpc) is 3.28. The highest BCUT2D eigenvalue weighted by Crippen LogP contribution is 2.29. The van der Waals surface area contributed by atoms with Gasteiger partial charge in [0.1, 0.15) is 0 Å². The minimum atomic E-state index is -0.303. The molecule has 0 saturated heterocycles. The fourth-order valence-corrected chi connectivity index (χ4v) is 4.01. The van der Waals surface area contributed by atoms with Crippen LogP contribution in [0.3, 0.4) is 0 Å². The number of azo groups is 1. The highest BCUT2D eigenvalue weighted by Gasteiger charge is 2.15. The second-order valence-corrected chi connectivity index (χ2v) is 8.73. The third-order valence-corrected chi connectivity index (χ3v) is 6.08. The summed E-state index contributed by atoms with van der Waals surface area (Å²) in [5, 5.41) is 12.5. The van der Waals surface area contributed by atoms with E-state index in [-0.39, 0.29) is 11.2 Å². The minimum absolute atomic E-state index is 0.241. The smallest absolute Gasteiger partial charge is 0.291 e. The predicted octanol–water partition coefficient (Wildman–Crippen LogP) is 6.74. The first-order valence-corrected chi connectivity index (χ1v) is 10.6. The molecule has 0 unspecified atom stereocenters. The molecule has 2 aromatic carbocycles. The third kappa shape index (κ3) is 4.10. The summed E-state index contributed by atoms with van der Waals surface area (Å²) in [6.07, 6.45) is 1.75. The lowest BCUT2D eigenvalue weighted by atomic mass is 10.2. The largest absolute Gasteiger partial charge is 0.301 e. The van der Waals surface area contributed by atoms with Crippen molar-refractivity contribution >= 4 is 50.2 Å². The van der Waals surface area contributed by atoms with Crippen LogP contribution in [0.25, 0.3) is 15.6 Å². The van der Waals surface area contributed by atoms with E-state index in [9.17, 15) is 4.79 Å². The maximum Gasteiger partial charge on any atom is 0.301 e. The number of aromatic amines is 1. The van der Waals surface area contributed by atoms with Crippen molar-refractivity contribution in [1.82, 2.24) is 14.8 Å². The molecule has 0 radical (unpaired) electrons. The average molecular weight is 489 g/mol. The topological polar surface area (TPSA) is 75.4 Å². The molecule has 0 aliphatic carbocycles. The second-order valence-electron chi connectivity index (χ2n) is 6.37. The van der Waals surface area contributed by atoms with Crippen LogP contribution in [0.4, 0.5) is 11.4 Å². The van der Waals surface area contributed by atoms with Gasteiger partial charge in [-0.25, -0.2) is 4.98 Å². The van der Waals surface area contributed by atoms with Gasteiger partial charge in [-0.1, -0.05) is 57.1 Å². The number of aromatic nitrogens is 3. The van der Waals surface area contributed by atoms with E-state index in [0.29, 0.717) is 21.5 Å². The van der Waals surface area contributed by atoms with Crippen molar-refractivity contribution in [2.45, 2.75) is 13.8 Å². The summed E-state index contributed by atoms with van der Waals surface area (Å²) in [7, 11) is 0. The van der Waals surface area contributed by atoms with Crippen LogP contribution in [0.2, 0.25) is 5.02 Å². The molecule has 2 aromatic heterocycles. The molecule has 0 amide bonds. The monoisotopic (exact) mass is 487 g/mol. The molecule has 0 atom stereocenters. The molecule has 0 aliphatic heterocycles. The van der Waals surface area contributed by atoms with Crippen molar-refractivity contribution in [3.05, 3.63) is 79.8 Å². The fourth-order valence-electron chi connectivity index (χ4n) is 2.70. The summed E-state index contributed by atoms with van der Waals surface area (Å²) in [5.41, 5.74) is 3.12. The van der Waals surface area contributed by atoms with Crippen LogP contribution in [0.15, 0.2) is 68.2 Å². The molecule has 29 heavy (non-hydrogen) atoms. The summed E-state index contributed by atoms with van der Waals surface area (Å²) >= 11 is 10.9. The number of hydrogen-bond acceptors (Lipinski definition) is 5. The summed E-state index contributed by atoms with van der Waals surface area (Å²) in [5.74, 6) is 0. The van der Waals surface area contributed by atoms with Crippen LogP contribution in [0, 0.1) is 13.8 Å². The molecular formula is C20H15BrClN5OS. The van der Waals surface area contributed by atoms with Gasteiger partial charge in [-0.2, -0.15) is 4.68 Å². The van der Waals surface area contributed by atoms with E-state index < -0.39 is 0 Å². The zero-order valence-corrected chi connectivity index (χ0v) is 18.6. The van der Waals surface area contributed by atoms with E-state index in [1.807, 2.05) is 37.3 Å². The Morgan fingerprint density at radius 1 is 1.14 bits per heavy atom. The van der Waals surface area contributed by atoms with Crippen molar-refractivity contribution in [3.8, 4) is 15.6 Å². The molecule has 0 spiro atoms. The molecule has 0 bridgehead atoms. The highest BCUT2D eigenvalue weighted by molar-refractivity contribution is 9.10. The van der Waals surface area contributed by atoms with Crippen LogP contribution < -0.4 is 5.56 Å². The molecule has 0 saturated carbocycles. The molecule has 4 aromatic rings. The van der Waals surface area contributed by atoms with Gasteiger partial charge in [-0.05, 0) is 49.2 Å². The van der Waals surface area contributed by atoms with Crippen LogP contribution in [-0.2, 0) is 0 Å². The molecular weight excluding hydrogens is 474 g/mol. The number of rotatable bonds is 4. The lowest BCUT2D eigenvalue weighted by molar-refractivity contribution is 0.826. The van der Waals surface area contributed by atoms with Crippen molar-refractivity contribution in [2.24, 2.45) is 10.2 Å². The quantitative estimate of drug-likeness (QED) is 0.323. The Bertz CT molecular complexity index is 1270. The normalized spacial score (nSPS) is 11.4. The zero-order valence-electron chi connectivity index (χ0n) is 15.5. The Labute approximate surface area is 184 Å². The SMILES string of the molecule is Cc1ccc(Cl)cc1N=Nc1c(C)[nH]n(-c2ncc(-c3ccc(Br)cc3)s2)c1=O. The van der Waals surface area contributed by atoms with Crippen molar-refractivity contribution in [3.63, 3.8) is 0 Å². The number of nitrogens with one attached hydrogen (secondary N) is 1. The second kappa shape index (κ2) is 8.06. The number of hydrogen-bond donors (Lipinski definition) is 1. The third-order valence-electron chi connectivity index (χ3n) is 4.28. The van der Waals surface area contributed by atoms with Gasteiger partial charge in [0.25, 0.3) is 0 Å². The molecule has 146 valence electrons. The van der Waals surface area contributed by atoms with Gasteiger partial charge in [0, 0.05) is 15.7 Å². The van der Waals surface area contributed by atoms with Gasteiger partial charge in [-0.15, -0.1) is 10.2 Å². The van der Waals surface area contributed by atoms with E-state index in [1.54, 1.807) is 25.3 Å². The molecule has 4 rings (SSSR count). The Kier molecular flexibility index (Phi) is 5.49. The molecule has 0 fully saturated rings. The fraction of sp³-hybridized carbons (Fsp3) is 0.100. The van der Waals surface area contributed by atoms with Crippen LogP contribution in [0.1, 0.15) is 11.3 Å². The highest BCUT2D eigenvalue weighted by atomic mass is 79.9. The summed E-state index contributed by atoms with van der Waals surface area (Å²) in [4.78, 5) is 18.2. The Morgan fingerprint density at radius 2 is 1.90 bits per heavy atom. The Hall–Kier alpha value is -2.55. The van der Waals surface area contributed by atoms with Gasteiger partial charge in [0.05, 0.1) is 16.3 Å². The van der Waals surface area contributed by atoms with E-state index in [1.165, 1.54) is 16.0 Å². The molecule has 9 heteroatoms. The molecule has 0 aliphatic rings. The van der Waals surface area contributed by atoms with Gasteiger partial charge < -0.3 is 0 Å². The molecule has 6 nitrogen and oxygen atoms in total. The zero-order chi connectivity index (χ0) is 20.5. The van der Waals surface area contributed by atoms with Crippen molar-refractivity contribution < 1.29 is 0 Å². The minimum Gasteiger partial charge on any atom is -0.291 e. The van der Waals surface area contributed by atoms with E-state index in [2.05, 4.69) is 36.2 Å². The van der Waals surface area contributed by atoms with Crippen LogP contribution >= 0.6 is 38.9 Å². The van der Waals surface area contributed by atoms with E-state index in [0.717, 1.165) is 20.5 Å². The molecule has 1 N–H and O–H groups in total. The first kappa shape index (κ1) is 19.8. The number of aryl methyl sites for hydroxylation is 2. The standard InChI is InChI=1S/C20H15BrClN5OS/c1-11-3-8-15(22)9-16(11)24-25-18-12(2)26-27(19(18)28)20-23-10-17(29-20)13-4-6-14(21)7-5-13/h3-10,26H,1-2H3. The van der Waals surface area contributed by atoms with Crippen LogP contribution in [0.5, 0.6) is 0 Å². The lowest BCUT2D eigenvalue weighted by Crippen LogP contribution is -2.13. The van der Waals surface area contributed by atoms with E-state index in [4.69, 9.17) is 11.6 Å². The maximum atomic E-state index is 12.9. The van der Waals surface area contributed by atoms with Crippen LogP contribution in [-0.4, -0.2) is 14.8 Å². The van der Waals surface area contributed by atoms with Crippen molar-refractivity contribution in [1.29, 1.82) is 0 Å². The van der Waals surface area contributed by atoms with E-state index >= 15 is 0 Å². The maximum absolute atomic E-state index is 12.9. The number of halogens is 2. The number of nitrogens with zero attached hydrogens (tertiary/aromatic N) is 4. The molecule has 2 heterocycles. The van der Waals surface area contributed by atoms with Gasteiger partial charge in [-0.3, -0.25) is 9.89 Å². The van der Waals surface area contributed by atoms with Gasteiger partial charge in [0.2, 0.25) is 5.13 Å². The summed E-state index contributed by atoms with van der Waals surface area (Å²) < 4.78 is 2.40. The van der Waals surface area contributed by atoms with Gasteiger partial charge in [0.15, 0.2) is 5.69 Å². The Balaban J connectivity index is 1.67. The van der Waals surface area contributed by atoms with Gasteiger partial charge >= 0.3 is 5.56 Å².